The molecule has 0 saturated carbocycles. The highest BCUT2D eigenvalue weighted by molar-refractivity contribution is 6.30. The van der Waals surface area contributed by atoms with Gasteiger partial charge in [0.1, 0.15) is 5.75 Å². The summed E-state index contributed by atoms with van der Waals surface area (Å²) in [6.45, 7) is 0.111. The van der Waals surface area contributed by atoms with E-state index in [0.29, 0.717) is 11.3 Å². The molecule has 0 fully saturated rings. The molecule has 0 radical (unpaired) electrons. The van der Waals surface area contributed by atoms with E-state index in [2.05, 4.69) is 5.32 Å². The Morgan fingerprint density at radius 3 is 2.50 bits per heavy atom. The van der Waals surface area contributed by atoms with Crippen LogP contribution in [0.3, 0.4) is 0 Å². The summed E-state index contributed by atoms with van der Waals surface area (Å²) in [5.41, 5.74) is -0.691. The number of carbonyl (C=O) groups excluding carboxylic acids is 1. The van der Waals surface area contributed by atoms with Crippen LogP contribution in [-0.2, 0) is 15.7 Å². The van der Waals surface area contributed by atoms with Gasteiger partial charge in [0.2, 0.25) is 5.91 Å². The molecule has 0 aliphatic carbocycles. The molecule has 1 amide bonds. The van der Waals surface area contributed by atoms with Crippen molar-refractivity contribution in [2.24, 2.45) is 0 Å². The minimum Gasteiger partial charge on any atom is -0.468 e. The first-order chi connectivity index (χ1) is 12.3. The number of halogens is 4. The highest BCUT2D eigenvalue weighted by Gasteiger charge is 2.34. The predicted molar refractivity (Wildman–Crippen MR) is 93.1 cm³/mol. The Labute approximate surface area is 153 Å². The summed E-state index contributed by atoms with van der Waals surface area (Å²) < 4.78 is 49.0. The second-order valence-corrected chi connectivity index (χ2v) is 5.57. The smallest absolute Gasteiger partial charge is 0.418 e. The van der Waals surface area contributed by atoms with Gasteiger partial charge >= 0.3 is 6.18 Å². The first-order valence-corrected chi connectivity index (χ1v) is 7.75. The van der Waals surface area contributed by atoms with E-state index in [9.17, 15) is 18.0 Å². The molecule has 2 aromatic rings. The Hall–Kier alpha value is -2.51. The van der Waals surface area contributed by atoms with Gasteiger partial charge in [0, 0.05) is 18.2 Å². The molecule has 1 N–H and O–H groups in total. The third-order valence-electron chi connectivity index (χ3n) is 3.20. The van der Waals surface area contributed by atoms with E-state index < -0.39 is 17.6 Å². The van der Waals surface area contributed by atoms with Crippen LogP contribution in [0.15, 0.2) is 48.5 Å². The van der Waals surface area contributed by atoms with E-state index in [1.807, 2.05) is 0 Å². The van der Waals surface area contributed by atoms with Crippen molar-refractivity contribution in [3.05, 3.63) is 64.7 Å². The standard InChI is InChI=1S/C18H15ClF3NO3/c1-25-11-26-14-6-2-12(3-7-14)4-9-17(24)23-16-8-5-13(19)10-15(16)18(20,21)22/h2-10H,11H2,1H3,(H,23,24)/b9-4+. The maximum atomic E-state index is 13.0. The number of nitrogens with one attached hydrogen (secondary N) is 1. The molecule has 2 aromatic carbocycles. The number of carbonyl (C=O) groups is 1. The average Bonchev–Trinajstić information content (AvgIpc) is 2.59. The van der Waals surface area contributed by atoms with Crippen LogP contribution in [0.5, 0.6) is 5.75 Å². The van der Waals surface area contributed by atoms with Crippen molar-refractivity contribution >= 4 is 29.3 Å². The van der Waals surface area contributed by atoms with Crippen molar-refractivity contribution in [3.63, 3.8) is 0 Å². The van der Waals surface area contributed by atoms with E-state index in [4.69, 9.17) is 21.1 Å². The van der Waals surface area contributed by atoms with Gasteiger partial charge in [-0.15, -0.1) is 0 Å². The van der Waals surface area contributed by atoms with Crippen molar-refractivity contribution < 1.29 is 27.4 Å². The van der Waals surface area contributed by atoms with Crippen LogP contribution in [0.25, 0.3) is 6.08 Å². The number of rotatable bonds is 6. The third kappa shape index (κ3) is 5.79. The van der Waals surface area contributed by atoms with E-state index in [1.54, 1.807) is 24.3 Å². The summed E-state index contributed by atoms with van der Waals surface area (Å²) in [7, 11) is 1.50. The second kappa shape index (κ2) is 8.73. The molecule has 0 spiro atoms. The normalized spacial score (nSPS) is 11.6. The first kappa shape index (κ1) is 19.8. The number of hydrogen-bond donors (Lipinski definition) is 1. The fourth-order valence-corrected chi connectivity index (χ4v) is 2.18. The fourth-order valence-electron chi connectivity index (χ4n) is 2.01. The van der Waals surface area contributed by atoms with Gasteiger partial charge in [-0.1, -0.05) is 23.7 Å². The predicted octanol–water partition coefficient (Wildman–Crippen LogP) is 4.99. The molecule has 0 saturated heterocycles. The van der Waals surface area contributed by atoms with Gasteiger partial charge in [-0.05, 0) is 42.0 Å². The molecule has 0 atom stereocenters. The number of methoxy groups -OCH3 is 1. The lowest BCUT2D eigenvalue weighted by atomic mass is 10.1. The summed E-state index contributed by atoms with van der Waals surface area (Å²) in [4.78, 5) is 11.9. The number of amides is 1. The van der Waals surface area contributed by atoms with E-state index in [1.165, 1.54) is 19.3 Å². The minimum absolute atomic E-state index is 0.0679. The Bertz CT molecular complexity index is 789. The van der Waals surface area contributed by atoms with Crippen LogP contribution in [0.4, 0.5) is 18.9 Å². The van der Waals surface area contributed by atoms with E-state index in [0.717, 1.165) is 18.2 Å². The van der Waals surface area contributed by atoms with Gasteiger partial charge < -0.3 is 14.8 Å². The molecular formula is C18H15ClF3NO3. The quantitative estimate of drug-likeness (QED) is 0.562. The zero-order valence-corrected chi connectivity index (χ0v) is 14.4. The lowest BCUT2D eigenvalue weighted by molar-refractivity contribution is -0.136. The molecule has 26 heavy (non-hydrogen) atoms. The van der Waals surface area contributed by atoms with Crippen LogP contribution in [-0.4, -0.2) is 19.8 Å². The maximum absolute atomic E-state index is 13.0. The summed E-state index contributed by atoms with van der Waals surface area (Å²) in [6, 6.07) is 9.89. The molecule has 4 nitrogen and oxygen atoms in total. The highest BCUT2D eigenvalue weighted by atomic mass is 35.5. The number of alkyl halides is 3. The van der Waals surface area contributed by atoms with Crippen molar-refractivity contribution in [3.8, 4) is 5.75 Å². The van der Waals surface area contributed by atoms with Crippen molar-refractivity contribution in [1.82, 2.24) is 0 Å². The van der Waals surface area contributed by atoms with Gasteiger partial charge in [-0.25, -0.2) is 0 Å². The zero-order valence-electron chi connectivity index (χ0n) is 13.6. The van der Waals surface area contributed by atoms with Crippen LogP contribution in [0.1, 0.15) is 11.1 Å². The summed E-state index contributed by atoms with van der Waals surface area (Å²) in [6.07, 6.45) is -2.02. The lowest BCUT2D eigenvalue weighted by Crippen LogP contribution is -2.14. The number of anilines is 1. The average molecular weight is 386 g/mol. The number of ether oxygens (including phenoxy) is 2. The van der Waals surface area contributed by atoms with Gasteiger partial charge in [0.15, 0.2) is 6.79 Å². The maximum Gasteiger partial charge on any atom is 0.418 e. The second-order valence-electron chi connectivity index (χ2n) is 5.13. The third-order valence-corrected chi connectivity index (χ3v) is 3.43. The Balaban J connectivity index is 2.06. The topological polar surface area (TPSA) is 47.6 Å². The molecule has 0 aliphatic heterocycles. The van der Waals surface area contributed by atoms with Crippen LogP contribution in [0, 0.1) is 0 Å². The summed E-state index contributed by atoms with van der Waals surface area (Å²) >= 11 is 5.60. The number of hydrogen-bond acceptors (Lipinski definition) is 3. The molecule has 2 rings (SSSR count). The molecule has 0 heterocycles. The van der Waals surface area contributed by atoms with Crippen LogP contribution in [0.2, 0.25) is 5.02 Å². The van der Waals surface area contributed by atoms with Gasteiger partial charge in [0.25, 0.3) is 0 Å². The molecule has 0 aliphatic rings. The van der Waals surface area contributed by atoms with Gasteiger partial charge in [-0.3, -0.25) is 4.79 Å². The van der Waals surface area contributed by atoms with Crippen molar-refractivity contribution in [1.29, 1.82) is 0 Å². The Morgan fingerprint density at radius 1 is 1.19 bits per heavy atom. The molecule has 0 unspecified atom stereocenters. The van der Waals surface area contributed by atoms with E-state index in [-0.39, 0.29) is 17.5 Å². The molecule has 8 heteroatoms. The summed E-state index contributed by atoms with van der Waals surface area (Å²) in [5, 5.41) is 2.14. The first-order valence-electron chi connectivity index (χ1n) is 7.37. The Morgan fingerprint density at radius 2 is 1.88 bits per heavy atom. The van der Waals surface area contributed by atoms with Gasteiger partial charge in [-0.2, -0.15) is 13.2 Å². The zero-order chi connectivity index (χ0) is 19.2. The van der Waals surface area contributed by atoms with E-state index >= 15 is 0 Å². The van der Waals surface area contributed by atoms with Crippen LogP contribution < -0.4 is 10.1 Å². The SMILES string of the molecule is COCOc1ccc(/C=C/C(=O)Nc2ccc(Cl)cc2C(F)(F)F)cc1. The van der Waals surface area contributed by atoms with Crippen molar-refractivity contribution in [2.75, 3.05) is 19.2 Å². The molecule has 0 aromatic heterocycles. The lowest BCUT2D eigenvalue weighted by Gasteiger charge is -2.13. The fraction of sp³-hybridized carbons (Fsp3) is 0.167. The minimum atomic E-state index is -4.63. The molecule has 0 bridgehead atoms. The van der Waals surface area contributed by atoms with Crippen molar-refractivity contribution in [2.45, 2.75) is 6.18 Å². The molecule has 138 valence electrons. The Kier molecular flexibility index (Phi) is 6.65. The largest absolute Gasteiger partial charge is 0.468 e. The van der Waals surface area contributed by atoms with Gasteiger partial charge in [0.05, 0.1) is 11.3 Å². The molecular weight excluding hydrogens is 371 g/mol. The summed E-state index contributed by atoms with van der Waals surface area (Å²) in [5.74, 6) is -0.109. The highest BCUT2D eigenvalue weighted by Crippen LogP contribution is 2.36. The van der Waals surface area contributed by atoms with Crippen LogP contribution >= 0.6 is 11.6 Å². The monoisotopic (exact) mass is 385 g/mol. The number of benzene rings is 2.